The average molecular weight is 547 g/mol. The number of aromatic nitrogens is 1. The zero-order valence-corrected chi connectivity index (χ0v) is 21.3. The predicted molar refractivity (Wildman–Crippen MR) is 132 cm³/mol. The van der Waals surface area contributed by atoms with E-state index in [-0.39, 0.29) is 38.9 Å². The van der Waals surface area contributed by atoms with E-state index in [1.54, 1.807) is 51.1 Å². The summed E-state index contributed by atoms with van der Waals surface area (Å²) in [6.45, 7) is 5.05. The lowest BCUT2D eigenvalue weighted by atomic mass is 9.79. The van der Waals surface area contributed by atoms with Gasteiger partial charge in [-0.15, -0.1) is 0 Å². The van der Waals surface area contributed by atoms with Crippen LogP contribution >= 0.6 is 15.9 Å². The third-order valence-electron chi connectivity index (χ3n) is 5.52. The second kappa shape index (κ2) is 10.1. The number of amides is 1. The van der Waals surface area contributed by atoms with Crippen LogP contribution in [0.2, 0.25) is 0 Å². The number of benzene rings is 2. The van der Waals surface area contributed by atoms with Crippen molar-refractivity contribution in [3.05, 3.63) is 87.9 Å². The van der Waals surface area contributed by atoms with Crippen molar-refractivity contribution in [3.63, 3.8) is 0 Å². The van der Waals surface area contributed by atoms with Gasteiger partial charge in [0.25, 0.3) is 0 Å². The molecule has 0 unspecified atom stereocenters. The van der Waals surface area contributed by atoms with Crippen molar-refractivity contribution >= 4 is 43.1 Å². The first-order valence-electron chi connectivity index (χ1n) is 10.5. The molecule has 3 aromatic rings. The number of halogens is 2. The second-order valence-corrected chi connectivity index (χ2v) is 11.4. The molecule has 0 aliphatic rings. The maximum absolute atomic E-state index is 13.6. The Bertz CT molecular complexity index is 1320. The van der Waals surface area contributed by atoms with E-state index >= 15 is 0 Å². The minimum Gasteiger partial charge on any atom is -0.324 e. The van der Waals surface area contributed by atoms with Crippen LogP contribution in [0.4, 0.5) is 10.1 Å². The Hall–Kier alpha value is -2.91. The van der Waals surface area contributed by atoms with E-state index in [2.05, 4.69) is 26.2 Å². The van der Waals surface area contributed by atoms with Crippen LogP contribution in [0.1, 0.15) is 42.4 Å². The lowest BCUT2D eigenvalue weighted by Gasteiger charge is -2.23. The number of nitrogens with zero attached hydrogens (tertiary/aromatic N) is 1. The Labute approximate surface area is 206 Å². The molecule has 1 amide bonds. The minimum atomic E-state index is -3.29. The third-order valence-corrected chi connectivity index (χ3v) is 7.87. The van der Waals surface area contributed by atoms with Crippen LogP contribution in [-0.2, 0) is 26.5 Å². The van der Waals surface area contributed by atoms with Crippen LogP contribution in [0.15, 0.2) is 70.2 Å². The number of pyridine rings is 1. The minimum absolute atomic E-state index is 0.0109. The lowest BCUT2D eigenvalue weighted by Crippen LogP contribution is -2.30. The summed E-state index contributed by atoms with van der Waals surface area (Å²) in [6, 6.07) is 13.8. The summed E-state index contributed by atoms with van der Waals surface area (Å²) in [5.41, 5.74) is 1.01. The number of nitrogens with one attached hydrogen (secondary N) is 1. The quantitative estimate of drug-likeness (QED) is 0.396. The number of rotatable bonds is 8. The smallest absolute Gasteiger partial charge is 0.228 e. The second-order valence-electron chi connectivity index (χ2n) is 8.29. The summed E-state index contributed by atoms with van der Waals surface area (Å²) in [4.78, 5) is 29.9. The van der Waals surface area contributed by atoms with Gasteiger partial charge in [-0.3, -0.25) is 14.6 Å². The molecule has 0 aliphatic heterocycles. The zero-order valence-electron chi connectivity index (χ0n) is 18.9. The number of carbonyl (C=O) groups is 2. The molecular weight excluding hydrogens is 523 g/mol. The van der Waals surface area contributed by atoms with E-state index in [0.717, 1.165) is 0 Å². The number of anilines is 1. The Morgan fingerprint density at radius 1 is 1.06 bits per heavy atom. The molecule has 6 nitrogen and oxygen atoms in total. The van der Waals surface area contributed by atoms with Crippen molar-refractivity contribution in [1.29, 1.82) is 0 Å². The lowest BCUT2D eigenvalue weighted by molar-refractivity contribution is -0.115. The van der Waals surface area contributed by atoms with Gasteiger partial charge in [-0.25, -0.2) is 12.8 Å². The van der Waals surface area contributed by atoms with Gasteiger partial charge in [-0.1, -0.05) is 25.1 Å². The molecule has 0 radical (unpaired) electrons. The first kappa shape index (κ1) is 25.7. The average Bonchev–Trinajstić information content (AvgIpc) is 2.81. The van der Waals surface area contributed by atoms with Crippen molar-refractivity contribution in [2.45, 2.75) is 37.5 Å². The van der Waals surface area contributed by atoms with E-state index in [0.29, 0.717) is 16.8 Å². The molecule has 0 bridgehead atoms. The first-order chi connectivity index (χ1) is 15.9. The maximum Gasteiger partial charge on any atom is 0.228 e. The number of hydrogen-bond acceptors (Lipinski definition) is 5. The van der Waals surface area contributed by atoms with E-state index in [4.69, 9.17) is 0 Å². The van der Waals surface area contributed by atoms with E-state index in [1.807, 2.05) is 0 Å². The molecular formula is C25H24BrFN2O4S. The number of carbonyl (C=O) groups excluding carboxylic acids is 2. The zero-order chi connectivity index (χ0) is 25.1. The third kappa shape index (κ3) is 5.77. The molecule has 2 aromatic carbocycles. The number of hydrogen-bond donors (Lipinski definition) is 1. The van der Waals surface area contributed by atoms with Gasteiger partial charge in [0.1, 0.15) is 11.5 Å². The van der Waals surface area contributed by atoms with Gasteiger partial charge in [-0.05, 0) is 77.3 Å². The highest BCUT2D eigenvalue weighted by molar-refractivity contribution is 9.10. The molecule has 3 rings (SSSR count). The molecule has 9 heteroatoms. The molecule has 0 aliphatic carbocycles. The van der Waals surface area contributed by atoms with Gasteiger partial charge in [0.15, 0.2) is 15.6 Å². The predicted octanol–water partition coefficient (Wildman–Crippen LogP) is 5.12. The van der Waals surface area contributed by atoms with Gasteiger partial charge in [-0.2, -0.15) is 0 Å². The monoisotopic (exact) mass is 546 g/mol. The fourth-order valence-corrected chi connectivity index (χ4v) is 4.57. The molecule has 178 valence electrons. The largest absolute Gasteiger partial charge is 0.324 e. The standard InChI is InChI=1S/C25H24BrFN2O4S/c1-4-34(32,33)19-9-5-16(6-10-19)13-23(30)29-18-8-12-22(28-15-18)24(31)25(2,3)17-7-11-21(27)20(26)14-17/h5-12,14-15H,4,13H2,1-3H3,(H,29,30). The van der Waals surface area contributed by atoms with Gasteiger partial charge >= 0.3 is 0 Å². The van der Waals surface area contributed by atoms with Gasteiger partial charge in [0.2, 0.25) is 5.91 Å². The van der Waals surface area contributed by atoms with E-state index < -0.39 is 21.1 Å². The van der Waals surface area contributed by atoms with Crippen LogP contribution in [0.5, 0.6) is 0 Å². The molecule has 1 N–H and O–H groups in total. The summed E-state index contributed by atoms with van der Waals surface area (Å²) in [6.07, 6.45) is 1.46. The summed E-state index contributed by atoms with van der Waals surface area (Å²) >= 11 is 3.15. The first-order valence-corrected chi connectivity index (χ1v) is 13.0. The summed E-state index contributed by atoms with van der Waals surface area (Å²) in [5.74, 6) is -0.946. The molecule has 34 heavy (non-hydrogen) atoms. The highest BCUT2D eigenvalue weighted by Crippen LogP contribution is 2.30. The Morgan fingerprint density at radius 2 is 1.74 bits per heavy atom. The van der Waals surface area contributed by atoms with Crippen molar-refractivity contribution < 1.29 is 22.4 Å². The van der Waals surface area contributed by atoms with E-state index in [1.165, 1.54) is 30.5 Å². The summed E-state index contributed by atoms with van der Waals surface area (Å²) in [5, 5.41) is 2.72. The summed E-state index contributed by atoms with van der Waals surface area (Å²) < 4.78 is 37.6. The van der Waals surface area contributed by atoms with Crippen molar-refractivity contribution in [1.82, 2.24) is 4.98 Å². The van der Waals surface area contributed by atoms with Gasteiger partial charge < -0.3 is 5.32 Å². The number of sulfone groups is 1. The molecule has 0 saturated heterocycles. The highest BCUT2D eigenvalue weighted by Gasteiger charge is 2.32. The van der Waals surface area contributed by atoms with Crippen LogP contribution in [0, 0.1) is 5.82 Å². The highest BCUT2D eigenvalue weighted by atomic mass is 79.9. The van der Waals surface area contributed by atoms with Crippen LogP contribution in [0.3, 0.4) is 0 Å². The van der Waals surface area contributed by atoms with Crippen molar-refractivity contribution in [2.75, 3.05) is 11.1 Å². The van der Waals surface area contributed by atoms with Crippen molar-refractivity contribution in [2.24, 2.45) is 0 Å². The molecule has 0 spiro atoms. The maximum atomic E-state index is 13.6. The molecule has 0 saturated carbocycles. The molecule has 1 heterocycles. The Balaban J connectivity index is 1.66. The topological polar surface area (TPSA) is 93.2 Å². The van der Waals surface area contributed by atoms with Crippen LogP contribution in [0.25, 0.3) is 0 Å². The van der Waals surface area contributed by atoms with E-state index in [9.17, 15) is 22.4 Å². The van der Waals surface area contributed by atoms with Gasteiger partial charge in [0.05, 0.1) is 38.8 Å². The number of Topliss-reactive ketones (excluding diaryl/α,β-unsaturated/α-hetero) is 1. The fourth-order valence-electron chi connectivity index (χ4n) is 3.31. The Kier molecular flexibility index (Phi) is 7.67. The summed E-state index contributed by atoms with van der Waals surface area (Å²) in [7, 11) is -3.29. The Morgan fingerprint density at radius 3 is 2.29 bits per heavy atom. The fraction of sp³-hybridized carbons (Fsp3) is 0.240. The molecule has 0 atom stereocenters. The van der Waals surface area contributed by atoms with Crippen molar-refractivity contribution in [3.8, 4) is 0 Å². The van der Waals surface area contributed by atoms with Crippen LogP contribution in [-0.4, -0.2) is 30.8 Å². The number of ketones is 1. The van der Waals surface area contributed by atoms with Crippen LogP contribution < -0.4 is 5.32 Å². The SMILES string of the molecule is CCS(=O)(=O)c1ccc(CC(=O)Nc2ccc(C(=O)C(C)(C)c3ccc(F)c(Br)c3)nc2)cc1. The van der Waals surface area contributed by atoms with Gasteiger partial charge in [0, 0.05) is 0 Å². The molecule has 1 aromatic heterocycles. The molecule has 0 fully saturated rings. The normalized spacial score (nSPS) is 11.8.